The van der Waals surface area contributed by atoms with Crippen molar-refractivity contribution in [2.45, 2.75) is 32.2 Å². The molecule has 0 aromatic heterocycles. The van der Waals surface area contributed by atoms with Crippen LogP contribution in [-0.2, 0) is 0 Å². The molecule has 0 aliphatic heterocycles. The van der Waals surface area contributed by atoms with Crippen molar-refractivity contribution in [3.63, 3.8) is 0 Å². The van der Waals surface area contributed by atoms with Crippen LogP contribution >= 0.6 is 0 Å². The first-order chi connectivity index (χ1) is 8.27. The van der Waals surface area contributed by atoms with Gasteiger partial charge < -0.3 is 15.2 Å². The Morgan fingerprint density at radius 2 is 1.72 bits per heavy atom. The van der Waals surface area contributed by atoms with E-state index in [4.69, 9.17) is 15.2 Å². The molecule has 1 rings (SSSR count). The van der Waals surface area contributed by atoms with E-state index >= 15 is 0 Å². The standard InChI is InChI=1S/C12H16F3NO2/c1-7(16)11-9(17-3)5-4-6-10(11)18-8(2)12(13,14)15/h4-8H,16H2,1-3H3/t7-,8?/m0/s1. The Morgan fingerprint density at radius 1 is 1.17 bits per heavy atom. The number of rotatable bonds is 4. The number of alkyl halides is 3. The van der Waals surface area contributed by atoms with Crippen LogP contribution in [0.15, 0.2) is 18.2 Å². The molecule has 1 aromatic carbocycles. The van der Waals surface area contributed by atoms with Gasteiger partial charge >= 0.3 is 6.18 Å². The molecule has 1 aromatic rings. The van der Waals surface area contributed by atoms with Gasteiger partial charge in [-0.2, -0.15) is 13.2 Å². The van der Waals surface area contributed by atoms with Crippen LogP contribution in [0.1, 0.15) is 25.5 Å². The summed E-state index contributed by atoms with van der Waals surface area (Å²) in [5.41, 5.74) is 6.16. The summed E-state index contributed by atoms with van der Waals surface area (Å²) in [6, 6.07) is 4.15. The van der Waals surface area contributed by atoms with Crippen LogP contribution in [-0.4, -0.2) is 19.4 Å². The lowest BCUT2D eigenvalue weighted by atomic mass is 10.1. The van der Waals surface area contributed by atoms with Crippen LogP contribution in [0, 0.1) is 0 Å². The SMILES string of the molecule is COc1cccc(OC(C)C(F)(F)F)c1[C@H](C)N. The smallest absolute Gasteiger partial charge is 0.425 e. The molecule has 6 heteroatoms. The quantitative estimate of drug-likeness (QED) is 0.908. The zero-order chi connectivity index (χ0) is 13.9. The Morgan fingerprint density at radius 3 is 2.17 bits per heavy atom. The van der Waals surface area contributed by atoms with E-state index in [0.29, 0.717) is 11.3 Å². The van der Waals surface area contributed by atoms with E-state index in [0.717, 1.165) is 6.92 Å². The van der Waals surface area contributed by atoms with Crippen LogP contribution in [0.3, 0.4) is 0 Å². The number of hydrogen-bond donors (Lipinski definition) is 1. The second kappa shape index (κ2) is 5.48. The van der Waals surface area contributed by atoms with Gasteiger partial charge in [0.15, 0.2) is 6.10 Å². The molecule has 0 amide bonds. The minimum absolute atomic E-state index is 0.0918. The van der Waals surface area contributed by atoms with Gasteiger partial charge in [0.1, 0.15) is 11.5 Å². The highest BCUT2D eigenvalue weighted by molar-refractivity contribution is 5.46. The maximum absolute atomic E-state index is 12.5. The maximum atomic E-state index is 12.5. The Labute approximate surface area is 104 Å². The van der Waals surface area contributed by atoms with Gasteiger partial charge in [0.2, 0.25) is 0 Å². The van der Waals surface area contributed by atoms with Gasteiger partial charge in [-0.25, -0.2) is 0 Å². The highest BCUT2D eigenvalue weighted by Gasteiger charge is 2.38. The fourth-order valence-electron chi connectivity index (χ4n) is 1.51. The third-order valence-corrected chi connectivity index (χ3v) is 2.47. The van der Waals surface area contributed by atoms with Gasteiger partial charge in [-0.15, -0.1) is 0 Å². The lowest BCUT2D eigenvalue weighted by Crippen LogP contribution is -2.31. The van der Waals surface area contributed by atoms with Crippen LogP contribution in [0.4, 0.5) is 13.2 Å². The number of methoxy groups -OCH3 is 1. The van der Waals surface area contributed by atoms with Crippen molar-refractivity contribution in [2.75, 3.05) is 7.11 Å². The summed E-state index contributed by atoms with van der Waals surface area (Å²) in [4.78, 5) is 0. The molecule has 102 valence electrons. The second-order valence-electron chi connectivity index (χ2n) is 3.96. The first-order valence-electron chi connectivity index (χ1n) is 5.43. The van der Waals surface area contributed by atoms with E-state index in [9.17, 15) is 13.2 Å². The molecule has 18 heavy (non-hydrogen) atoms. The molecule has 2 atom stereocenters. The van der Waals surface area contributed by atoms with Crippen molar-refractivity contribution >= 4 is 0 Å². The van der Waals surface area contributed by atoms with Crippen molar-refractivity contribution in [2.24, 2.45) is 5.73 Å². The number of benzene rings is 1. The minimum Gasteiger partial charge on any atom is -0.496 e. The summed E-state index contributed by atoms with van der Waals surface area (Å²) in [7, 11) is 1.43. The second-order valence-corrected chi connectivity index (χ2v) is 3.96. The van der Waals surface area contributed by atoms with Crippen molar-refractivity contribution in [1.82, 2.24) is 0 Å². The predicted molar refractivity (Wildman–Crippen MR) is 61.7 cm³/mol. The van der Waals surface area contributed by atoms with Gasteiger partial charge in [0.05, 0.1) is 12.7 Å². The normalized spacial score (nSPS) is 15.1. The van der Waals surface area contributed by atoms with Crippen LogP contribution < -0.4 is 15.2 Å². The third-order valence-electron chi connectivity index (χ3n) is 2.47. The molecular weight excluding hydrogens is 247 g/mol. The summed E-state index contributed by atoms with van der Waals surface area (Å²) in [5.74, 6) is 0.506. The fourth-order valence-corrected chi connectivity index (χ4v) is 1.51. The molecule has 0 heterocycles. The number of hydrogen-bond acceptors (Lipinski definition) is 3. The third kappa shape index (κ3) is 3.29. The van der Waals surface area contributed by atoms with Crippen LogP contribution in [0.25, 0.3) is 0 Å². The highest BCUT2D eigenvalue weighted by atomic mass is 19.4. The average molecular weight is 263 g/mol. The number of halogens is 3. The summed E-state index contributed by atoms with van der Waals surface area (Å²) < 4.78 is 47.4. The summed E-state index contributed by atoms with van der Waals surface area (Å²) in [6.07, 6.45) is -6.32. The Kier molecular flexibility index (Phi) is 4.45. The van der Waals surface area contributed by atoms with Gasteiger partial charge in [0.25, 0.3) is 0 Å². The van der Waals surface area contributed by atoms with E-state index in [2.05, 4.69) is 0 Å². The molecule has 0 bridgehead atoms. The van der Waals surface area contributed by atoms with Crippen molar-refractivity contribution < 1.29 is 22.6 Å². The Hall–Kier alpha value is -1.43. The largest absolute Gasteiger partial charge is 0.496 e. The zero-order valence-corrected chi connectivity index (χ0v) is 10.4. The van der Waals surface area contributed by atoms with Crippen molar-refractivity contribution in [1.29, 1.82) is 0 Å². The summed E-state index contributed by atoms with van der Waals surface area (Å²) in [6.45, 7) is 2.60. The molecule has 0 radical (unpaired) electrons. The van der Waals surface area contributed by atoms with E-state index < -0.39 is 18.3 Å². The molecule has 3 nitrogen and oxygen atoms in total. The van der Waals surface area contributed by atoms with Gasteiger partial charge in [0, 0.05) is 6.04 Å². The van der Waals surface area contributed by atoms with E-state index in [1.807, 2.05) is 0 Å². The number of ether oxygens (including phenoxy) is 2. The number of nitrogens with two attached hydrogens (primary N) is 1. The van der Waals surface area contributed by atoms with E-state index in [-0.39, 0.29) is 5.75 Å². The Balaban J connectivity index is 3.09. The van der Waals surface area contributed by atoms with Crippen LogP contribution in [0.2, 0.25) is 0 Å². The fraction of sp³-hybridized carbons (Fsp3) is 0.500. The monoisotopic (exact) mass is 263 g/mol. The summed E-state index contributed by atoms with van der Waals surface area (Å²) in [5, 5.41) is 0. The molecule has 0 aliphatic carbocycles. The molecule has 1 unspecified atom stereocenters. The lowest BCUT2D eigenvalue weighted by Gasteiger charge is -2.22. The van der Waals surface area contributed by atoms with Crippen LogP contribution in [0.5, 0.6) is 11.5 Å². The molecule has 0 spiro atoms. The average Bonchev–Trinajstić information content (AvgIpc) is 2.26. The topological polar surface area (TPSA) is 44.5 Å². The maximum Gasteiger partial charge on any atom is 0.425 e. The summed E-state index contributed by atoms with van der Waals surface area (Å²) >= 11 is 0. The van der Waals surface area contributed by atoms with Gasteiger partial charge in [-0.1, -0.05) is 6.07 Å². The first kappa shape index (κ1) is 14.6. The molecule has 0 aliphatic rings. The van der Waals surface area contributed by atoms with Gasteiger partial charge in [-0.3, -0.25) is 0 Å². The minimum atomic E-state index is -4.42. The predicted octanol–water partition coefficient (Wildman–Crippen LogP) is 3.04. The van der Waals surface area contributed by atoms with Crippen molar-refractivity contribution in [3.8, 4) is 11.5 Å². The molecule has 0 saturated heterocycles. The zero-order valence-electron chi connectivity index (χ0n) is 10.4. The molecular formula is C12H16F3NO2. The molecule has 0 fully saturated rings. The van der Waals surface area contributed by atoms with E-state index in [1.54, 1.807) is 19.1 Å². The lowest BCUT2D eigenvalue weighted by molar-refractivity contribution is -0.189. The molecule has 2 N–H and O–H groups in total. The highest BCUT2D eigenvalue weighted by Crippen LogP contribution is 2.35. The first-order valence-corrected chi connectivity index (χ1v) is 5.43. The van der Waals surface area contributed by atoms with E-state index in [1.165, 1.54) is 13.2 Å². The van der Waals surface area contributed by atoms with Gasteiger partial charge in [-0.05, 0) is 26.0 Å². The van der Waals surface area contributed by atoms with Crippen molar-refractivity contribution in [3.05, 3.63) is 23.8 Å². The Bertz CT molecular complexity index is 405. The molecule has 0 saturated carbocycles.